The predicted molar refractivity (Wildman–Crippen MR) is 61.7 cm³/mol. The fourth-order valence-electron chi connectivity index (χ4n) is 1.44. The van der Waals surface area contributed by atoms with Crippen LogP contribution in [0.15, 0.2) is 42.6 Å². The highest BCUT2D eigenvalue weighted by Gasteiger charge is 2.06. The zero-order valence-electron chi connectivity index (χ0n) is 8.74. The lowest BCUT2D eigenvalue weighted by Crippen LogP contribution is -1.90. The van der Waals surface area contributed by atoms with E-state index in [1.165, 1.54) is 12.3 Å². The van der Waals surface area contributed by atoms with Gasteiger partial charge in [0.05, 0.1) is 10.6 Å². The third kappa shape index (κ3) is 2.34. The average molecular weight is 228 g/mol. The van der Waals surface area contributed by atoms with Crippen molar-refractivity contribution in [2.75, 3.05) is 0 Å². The van der Waals surface area contributed by atoms with E-state index in [9.17, 15) is 14.9 Å². The Hall–Kier alpha value is -2.56. The Morgan fingerprint density at radius 1 is 1.24 bits per heavy atom. The van der Waals surface area contributed by atoms with E-state index in [0.717, 1.165) is 11.8 Å². The number of carbonyl (C=O) groups is 1. The molecule has 17 heavy (non-hydrogen) atoms. The van der Waals surface area contributed by atoms with Gasteiger partial charge >= 0.3 is 0 Å². The minimum Gasteiger partial charge on any atom is -0.298 e. The minimum absolute atomic E-state index is 0.0553. The Kier molecular flexibility index (Phi) is 2.91. The number of rotatable bonds is 3. The number of hydrogen-bond donors (Lipinski definition) is 0. The Morgan fingerprint density at radius 2 is 2.06 bits per heavy atom. The molecule has 1 heterocycles. The Morgan fingerprint density at radius 3 is 2.65 bits per heavy atom. The van der Waals surface area contributed by atoms with E-state index in [-0.39, 0.29) is 5.69 Å². The van der Waals surface area contributed by atoms with Gasteiger partial charge in [0.15, 0.2) is 0 Å². The van der Waals surface area contributed by atoms with E-state index < -0.39 is 4.92 Å². The van der Waals surface area contributed by atoms with Crippen LogP contribution in [0.2, 0.25) is 0 Å². The molecule has 1 aromatic carbocycles. The summed E-state index contributed by atoms with van der Waals surface area (Å²) in [5.41, 5.74) is 1.84. The van der Waals surface area contributed by atoms with Crippen molar-refractivity contribution in [1.82, 2.24) is 4.98 Å². The minimum atomic E-state index is -0.501. The Bertz CT molecular complexity index is 564. The first-order chi connectivity index (χ1) is 8.20. The summed E-state index contributed by atoms with van der Waals surface area (Å²) < 4.78 is 0. The molecule has 84 valence electrons. The first-order valence-corrected chi connectivity index (χ1v) is 4.87. The second-order valence-electron chi connectivity index (χ2n) is 3.40. The quantitative estimate of drug-likeness (QED) is 0.459. The molecule has 0 radical (unpaired) electrons. The molecule has 5 heteroatoms. The van der Waals surface area contributed by atoms with Crippen molar-refractivity contribution >= 4 is 12.0 Å². The van der Waals surface area contributed by atoms with Crippen molar-refractivity contribution in [2.45, 2.75) is 0 Å². The molecule has 0 atom stereocenters. The third-order valence-electron chi connectivity index (χ3n) is 2.28. The van der Waals surface area contributed by atoms with Crippen LogP contribution in [0.5, 0.6) is 0 Å². The summed E-state index contributed by atoms with van der Waals surface area (Å²) in [5.74, 6) is 0. The molecule has 0 aliphatic carbocycles. The Labute approximate surface area is 96.9 Å². The first-order valence-electron chi connectivity index (χ1n) is 4.87. The number of nitro groups is 1. The fraction of sp³-hybridized carbons (Fsp3) is 0. The summed E-state index contributed by atoms with van der Waals surface area (Å²) in [6, 6.07) is 9.84. The molecule has 0 saturated carbocycles. The summed E-state index contributed by atoms with van der Waals surface area (Å²) in [6.07, 6.45) is 1.94. The number of nitrogens with zero attached hydrogens (tertiary/aromatic N) is 2. The van der Waals surface area contributed by atoms with Crippen LogP contribution in [0, 0.1) is 10.1 Å². The topological polar surface area (TPSA) is 73.1 Å². The van der Waals surface area contributed by atoms with Crippen molar-refractivity contribution in [3.05, 3.63) is 58.3 Å². The highest BCUT2D eigenvalue weighted by atomic mass is 16.6. The van der Waals surface area contributed by atoms with Crippen molar-refractivity contribution in [3.63, 3.8) is 0 Å². The van der Waals surface area contributed by atoms with Gasteiger partial charge < -0.3 is 0 Å². The van der Waals surface area contributed by atoms with E-state index >= 15 is 0 Å². The van der Waals surface area contributed by atoms with Gasteiger partial charge in [-0.1, -0.05) is 18.2 Å². The van der Waals surface area contributed by atoms with Crippen LogP contribution in [0.3, 0.4) is 0 Å². The molecular formula is C12H8N2O3. The van der Waals surface area contributed by atoms with Gasteiger partial charge in [0.2, 0.25) is 0 Å². The molecule has 5 nitrogen and oxygen atoms in total. The number of hydrogen-bond acceptors (Lipinski definition) is 4. The van der Waals surface area contributed by atoms with Crippen LogP contribution < -0.4 is 0 Å². The highest BCUT2D eigenvalue weighted by molar-refractivity contribution is 5.78. The molecule has 0 amide bonds. The van der Waals surface area contributed by atoms with Crippen molar-refractivity contribution in [3.8, 4) is 11.3 Å². The van der Waals surface area contributed by atoms with Crippen LogP contribution in [0.25, 0.3) is 11.3 Å². The van der Waals surface area contributed by atoms with Crippen LogP contribution in [0.1, 0.15) is 10.4 Å². The molecule has 0 saturated heterocycles. The second kappa shape index (κ2) is 4.52. The van der Waals surface area contributed by atoms with Gasteiger partial charge in [-0.3, -0.25) is 14.9 Å². The van der Waals surface area contributed by atoms with Gasteiger partial charge in [-0.25, -0.2) is 4.98 Å². The van der Waals surface area contributed by atoms with E-state index in [1.54, 1.807) is 30.3 Å². The maximum Gasteiger partial charge on any atom is 0.287 e. The number of benzene rings is 1. The zero-order valence-corrected chi connectivity index (χ0v) is 8.74. The summed E-state index contributed by atoms with van der Waals surface area (Å²) in [7, 11) is 0. The molecule has 2 aromatic rings. The van der Waals surface area contributed by atoms with Crippen LogP contribution in [-0.4, -0.2) is 16.2 Å². The van der Waals surface area contributed by atoms with Crippen molar-refractivity contribution in [2.24, 2.45) is 0 Å². The average Bonchev–Trinajstić information content (AvgIpc) is 2.39. The lowest BCUT2D eigenvalue weighted by molar-refractivity contribution is -0.385. The van der Waals surface area contributed by atoms with Crippen LogP contribution in [0.4, 0.5) is 5.69 Å². The van der Waals surface area contributed by atoms with Crippen LogP contribution >= 0.6 is 0 Å². The number of pyridine rings is 1. The number of carbonyl (C=O) groups excluding carboxylic acids is 1. The maximum absolute atomic E-state index is 10.6. The molecule has 0 unspecified atom stereocenters. The SMILES string of the molecule is O=Cc1cccc(-c2ccc([N+](=O)[O-])cn2)c1. The van der Waals surface area contributed by atoms with Crippen molar-refractivity contribution < 1.29 is 9.72 Å². The van der Waals surface area contributed by atoms with E-state index in [2.05, 4.69) is 4.98 Å². The lowest BCUT2D eigenvalue weighted by Gasteiger charge is -2.00. The molecule has 0 bridgehead atoms. The number of aldehydes is 1. The molecule has 0 fully saturated rings. The fourth-order valence-corrected chi connectivity index (χ4v) is 1.44. The summed E-state index contributed by atoms with van der Waals surface area (Å²) in [5, 5.41) is 10.5. The van der Waals surface area contributed by atoms with Gasteiger partial charge in [0.1, 0.15) is 12.5 Å². The Balaban J connectivity index is 2.39. The summed E-state index contributed by atoms with van der Waals surface area (Å²) >= 11 is 0. The molecule has 0 aliphatic heterocycles. The maximum atomic E-state index is 10.6. The predicted octanol–water partition coefficient (Wildman–Crippen LogP) is 2.47. The normalized spacial score (nSPS) is 9.88. The smallest absolute Gasteiger partial charge is 0.287 e. The number of aromatic nitrogens is 1. The molecule has 2 rings (SSSR count). The summed E-state index contributed by atoms with van der Waals surface area (Å²) in [6.45, 7) is 0. The molecule has 0 N–H and O–H groups in total. The standard InChI is InChI=1S/C12H8N2O3/c15-8-9-2-1-3-10(6-9)12-5-4-11(7-13-12)14(16)17/h1-8H. The molecular weight excluding hydrogens is 220 g/mol. The highest BCUT2D eigenvalue weighted by Crippen LogP contribution is 2.19. The van der Waals surface area contributed by atoms with Crippen molar-refractivity contribution in [1.29, 1.82) is 0 Å². The van der Waals surface area contributed by atoms with Gasteiger partial charge in [-0.2, -0.15) is 0 Å². The molecule has 1 aromatic heterocycles. The van der Waals surface area contributed by atoms with Gasteiger partial charge in [0.25, 0.3) is 5.69 Å². The van der Waals surface area contributed by atoms with Crippen LogP contribution in [-0.2, 0) is 0 Å². The van der Waals surface area contributed by atoms with E-state index in [1.807, 2.05) is 0 Å². The first kappa shape index (κ1) is 10.9. The summed E-state index contributed by atoms with van der Waals surface area (Å²) in [4.78, 5) is 24.6. The monoisotopic (exact) mass is 228 g/mol. The molecule has 0 spiro atoms. The third-order valence-corrected chi connectivity index (χ3v) is 2.28. The largest absolute Gasteiger partial charge is 0.298 e. The van der Waals surface area contributed by atoms with Gasteiger partial charge in [-0.05, 0) is 12.1 Å². The van der Waals surface area contributed by atoms with Gasteiger partial charge in [-0.15, -0.1) is 0 Å². The molecule has 0 aliphatic rings. The zero-order chi connectivity index (χ0) is 12.3. The van der Waals surface area contributed by atoms with E-state index in [4.69, 9.17) is 0 Å². The lowest BCUT2D eigenvalue weighted by atomic mass is 10.1. The van der Waals surface area contributed by atoms with Gasteiger partial charge in [0, 0.05) is 17.2 Å². The second-order valence-corrected chi connectivity index (χ2v) is 3.40. The van der Waals surface area contributed by atoms with E-state index in [0.29, 0.717) is 11.3 Å².